The molecule has 0 heterocycles. The molecular formula is C20H33O7P. The van der Waals surface area contributed by atoms with Crippen LogP contribution in [0.1, 0.15) is 53.5 Å². The van der Waals surface area contributed by atoms with E-state index in [1.807, 2.05) is 46.8 Å². The predicted molar refractivity (Wildman–Crippen MR) is 107 cm³/mol. The first-order valence-corrected chi connectivity index (χ1v) is 11.2. The predicted octanol–water partition coefficient (Wildman–Crippen LogP) is 4.92. The Labute approximate surface area is 168 Å². The Morgan fingerprint density at radius 2 is 1.57 bits per heavy atom. The second-order valence-electron chi connectivity index (χ2n) is 7.10. The number of benzene rings is 1. The highest BCUT2D eigenvalue weighted by Crippen LogP contribution is 2.51. The van der Waals surface area contributed by atoms with Crippen molar-refractivity contribution >= 4 is 13.6 Å². The highest BCUT2D eigenvalue weighted by molar-refractivity contribution is 7.53. The number of hydrogen-bond acceptors (Lipinski definition) is 7. The Morgan fingerprint density at radius 3 is 2.07 bits per heavy atom. The Morgan fingerprint density at radius 1 is 1.00 bits per heavy atom. The van der Waals surface area contributed by atoms with E-state index in [9.17, 15) is 9.36 Å². The quantitative estimate of drug-likeness (QED) is 0.256. The summed E-state index contributed by atoms with van der Waals surface area (Å²) >= 11 is 0. The van der Waals surface area contributed by atoms with Gasteiger partial charge in [-0.2, -0.15) is 0 Å². The van der Waals surface area contributed by atoms with Crippen molar-refractivity contribution in [3.8, 4) is 5.75 Å². The molecule has 0 bridgehead atoms. The highest BCUT2D eigenvalue weighted by atomic mass is 31.2. The van der Waals surface area contributed by atoms with Crippen LogP contribution in [0.15, 0.2) is 24.3 Å². The van der Waals surface area contributed by atoms with Crippen LogP contribution in [0.25, 0.3) is 0 Å². The van der Waals surface area contributed by atoms with Crippen molar-refractivity contribution in [1.29, 1.82) is 0 Å². The Balaban J connectivity index is 2.43. The summed E-state index contributed by atoms with van der Waals surface area (Å²) in [7, 11) is -3.14. The summed E-state index contributed by atoms with van der Waals surface area (Å²) in [6, 6.07) is 7.33. The van der Waals surface area contributed by atoms with E-state index in [2.05, 4.69) is 0 Å². The standard InChI is InChI=1S/C20H33O7P/c1-15(2)26-28(22,27-16(3)4)12-11-17(5)23-13-19-7-9-20(10-8-19)25-14-24-18(6)21/h7-10,15-17H,11-14H2,1-6H3. The smallest absolute Gasteiger partial charge is 0.331 e. The van der Waals surface area contributed by atoms with Gasteiger partial charge in [0, 0.05) is 6.92 Å². The number of rotatable bonds is 13. The van der Waals surface area contributed by atoms with Crippen molar-refractivity contribution in [2.24, 2.45) is 0 Å². The molecule has 7 nitrogen and oxygen atoms in total. The van der Waals surface area contributed by atoms with E-state index < -0.39 is 7.60 Å². The lowest BCUT2D eigenvalue weighted by molar-refractivity contribution is -0.147. The fourth-order valence-electron chi connectivity index (χ4n) is 2.30. The summed E-state index contributed by atoms with van der Waals surface area (Å²) in [5.41, 5.74) is 0.978. The van der Waals surface area contributed by atoms with Crippen LogP contribution in [0.3, 0.4) is 0 Å². The van der Waals surface area contributed by atoms with Crippen LogP contribution in [-0.2, 0) is 34.5 Å². The third kappa shape index (κ3) is 10.8. The molecule has 0 aliphatic rings. The lowest BCUT2D eigenvalue weighted by atomic mass is 10.2. The van der Waals surface area contributed by atoms with Crippen LogP contribution in [0.2, 0.25) is 0 Å². The van der Waals surface area contributed by atoms with Crippen molar-refractivity contribution < 1.29 is 32.6 Å². The SMILES string of the molecule is CC(=O)OCOc1ccc(COC(C)CCP(=O)(OC(C)C)OC(C)C)cc1. The molecule has 160 valence electrons. The first-order valence-electron chi connectivity index (χ1n) is 9.52. The topological polar surface area (TPSA) is 80.3 Å². The molecule has 0 aliphatic carbocycles. The molecule has 0 aromatic heterocycles. The van der Waals surface area contributed by atoms with E-state index in [-0.39, 0.29) is 31.1 Å². The van der Waals surface area contributed by atoms with Gasteiger partial charge in [0.25, 0.3) is 0 Å². The van der Waals surface area contributed by atoms with Gasteiger partial charge in [0.05, 0.1) is 31.1 Å². The third-order valence-corrected chi connectivity index (χ3v) is 5.79. The van der Waals surface area contributed by atoms with E-state index in [4.69, 9.17) is 23.3 Å². The van der Waals surface area contributed by atoms with E-state index in [0.29, 0.717) is 24.9 Å². The van der Waals surface area contributed by atoms with Gasteiger partial charge in [-0.15, -0.1) is 0 Å². The molecule has 0 radical (unpaired) electrons. The number of esters is 1. The zero-order valence-electron chi connectivity index (χ0n) is 17.7. The zero-order valence-corrected chi connectivity index (χ0v) is 18.6. The normalized spacial score (nSPS) is 13.0. The maximum absolute atomic E-state index is 12.8. The number of carbonyl (C=O) groups excluding carboxylic acids is 1. The molecule has 0 fully saturated rings. The fraction of sp³-hybridized carbons (Fsp3) is 0.650. The zero-order chi connectivity index (χ0) is 21.2. The molecule has 0 amide bonds. The van der Waals surface area contributed by atoms with Crippen molar-refractivity contribution in [3.05, 3.63) is 29.8 Å². The maximum atomic E-state index is 12.8. The van der Waals surface area contributed by atoms with E-state index >= 15 is 0 Å². The van der Waals surface area contributed by atoms with Crippen LogP contribution < -0.4 is 4.74 Å². The summed E-state index contributed by atoms with van der Waals surface area (Å²) in [5.74, 6) is 0.219. The van der Waals surface area contributed by atoms with Gasteiger partial charge >= 0.3 is 13.6 Å². The van der Waals surface area contributed by atoms with Gasteiger partial charge in [-0.25, -0.2) is 0 Å². The molecule has 1 atom stereocenters. The molecule has 1 unspecified atom stereocenters. The summed E-state index contributed by atoms with van der Waals surface area (Å²) < 4.78 is 39.8. The van der Waals surface area contributed by atoms with Crippen LogP contribution in [0, 0.1) is 0 Å². The molecule has 1 rings (SSSR count). The van der Waals surface area contributed by atoms with Gasteiger partial charge in [-0.05, 0) is 58.7 Å². The molecule has 0 N–H and O–H groups in total. The largest absolute Gasteiger partial charge is 0.457 e. The molecule has 1 aromatic carbocycles. The minimum atomic E-state index is -3.14. The highest BCUT2D eigenvalue weighted by Gasteiger charge is 2.28. The number of carbonyl (C=O) groups is 1. The Kier molecular flexibility index (Phi) is 10.8. The van der Waals surface area contributed by atoms with Crippen LogP contribution >= 0.6 is 7.60 Å². The van der Waals surface area contributed by atoms with Crippen LogP contribution in [-0.4, -0.2) is 37.2 Å². The Bertz CT molecular complexity index is 614. The molecule has 8 heteroatoms. The van der Waals surface area contributed by atoms with E-state index in [0.717, 1.165) is 5.56 Å². The lowest BCUT2D eigenvalue weighted by Gasteiger charge is -2.24. The molecule has 0 aliphatic heterocycles. The van der Waals surface area contributed by atoms with Gasteiger partial charge in [-0.3, -0.25) is 9.36 Å². The second kappa shape index (κ2) is 12.2. The van der Waals surface area contributed by atoms with Crippen LogP contribution in [0.5, 0.6) is 5.75 Å². The number of ether oxygens (including phenoxy) is 3. The first-order chi connectivity index (χ1) is 13.1. The van der Waals surface area contributed by atoms with Crippen LogP contribution in [0.4, 0.5) is 0 Å². The summed E-state index contributed by atoms with van der Waals surface area (Å²) in [6.45, 7) is 10.9. The summed E-state index contributed by atoms with van der Waals surface area (Å²) in [6.07, 6.45) is 0.456. The van der Waals surface area contributed by atoms with Gasteiger partial charge < -0.3 is 23.3 Å². The molecule has 1 aromatic rings. The van der Waals surface area contributed by atoms with Gasteiger partial charge in [0.15, 0.2) is 0 Å². The monoisotopic (exact) mass is 416 g/mol. The van der Waals surface area contributed by atoms with Gasteiger partial charge in [0.1, 0.15) is 5.75 Å². The summed E-state index contributed by atoms with van der Waals surface area (Å²) in [5, 5.41) is 0. The minimum absolute atomic E-state index is 0.0975. The number of hydrogen-bond donors (Lipinski definition) is 0. The third-order valence-electron chi connectivity index (χ3n) is 3.50. The average Bonchev–Trinajstić information content (AvgIpc) is 2.57. The fourth-order valence-corrected chi connectivity index (χ4v) is 4.52. The van der Waals surface area contributed by atoms with E-state index in [1.165, 1.54) is 6.92 Å². The molecule has 0 saturated carbocycles. The van der Waals surface area contributed by atoms with Crippen molar-refractivity contribution in [2.75, 3.05) is 13.0 Å². The van der Waals surface area contributed by atoms with Crippen molar-refractivity contribution in [1.82, 2.24) is 0 Å². The van der Waals surface area contributed by atoms with E-state index in [1.54, 1.807) is 12.1 Å². The van der Waals surface area contributed by atoms with Gasteiger partial charge in [0.2, 0.25) is 6.79 Å². The Hall–Kier alpha value is -1.40. The van der Waals surface area contributed by atoms with Crippen molar-refractivity contribution in [2.45, 2.75) is 72.9 Å². The maximum Gasteiger partial charge on any atom is 0.331 e. The first kappa shape index (κ1) is 24.6. The molecular weight excluding hydrogens is 383 g/mol. The second-order valence-corrected chi connectivity index (χ2v) is 9.19. The molecule has 28 heavy (non-hydrogen) atoms. The summed E-state index contributed by atoms with van der Waals surface area (Å²) in [4.78, 5) is 10.7. The molecule has 0 spiro atoms. The molecule has 0 saturated heterocycles. The minimum Gasteiger partial charge on any atom is -0.457 e. The van der Waals surface area contributed by atoms with Gasteiger partial charge in [-0.1, -0.05) is 12.1 Å². The van der Waals surface area contributed by atoms with Crippen molar-refractivity contribution in [3.63, 3.8) is 0 Å². The average molecular weight is 416 g/mol. The lowest BCUT2D eigenvalue weighted by Crippen LogP contribution is -2.15.